The number of fused-ring (bicyclic) bond motifs is 1. The normalized spacial score (nSPS) is 24.4. The Bertz CT molecular complexity index is 854. The molecule has 0 aromatic heterocycles. The number of ether oxygens (including phenoxy) is 1. The van der Waals surface area contributed by atoms with Gasteiger partial charge in [-0.15, -0.1) is 0 Å². The summed E-state index contributed by atoms with van der Waals surface area (Å²) in [4.78, 5) is 17.1. The lowest BCUT2D eigenvalue weighted by Crippen LogP contribution is -2.47. The highest BCUT2D eigenvalue weighted by Gasteiger charge is 2.46. The Labute approximate surface area is 172 Å². The molecule has 0 aliphatic carbocycles. The molecule has 0 spiro atoms. The number of methoxy groups -OCH3 is 1. The maximum atomic E-state index is 13.4. The number of piperidine rings is 1. The smallest absolute Gasteiger partial charge is 0.222 e. The average molecular weight is 397 g/mol. The molecule has 0 radical (unpaired) electrons. The molecule has 1 amide bonds. The van der Waals surface area contributed by atoms with Crippen molar-refractivity contribution in [2.75, 3.05) is 26.7 Å². The number of nitrogens with zero attached hydrogens (tertiary/aromatic N) is 2. The summed E-state index contributed by atoms with van der Waals surface area (Å²) in [6.45, 7) is 5.46. The van der Waals surface area contributed by atoms with E-state index < -0.39 is 0 Å². The molecule has 2 saturated heterocycles. The highest BCUT2D eigenvalue weighted by molar-refractivity contribution is 5.76. The average Bonchev–Trinajstić information content (AvgIpc) is 3.13. The molecule has 4 rings (SSSR count). The van der Waals surface area contributed by atoms with Gasteiger partial charge >= 0.3 is 0 Å². The van der Waals surface area contributed by atoms with Crippen molar-refractivity contribution in [3.63, 3.8) is 0 Å². The van der Waals surface area contributed by atoms with Gasteiger partial charge in [0, 0.05) is 50.5 Å². The van der Waals surface area contributed by atoms with Crippen LogP contribution < -0.4 is 4.74 Å². The molecule has 154 valence electrons. The molecule has 2 aliphatic rings. The largest absolute Gasteiger partial charge is 0.497 e. The molecule has 2 heterocycles. The fraction of sp³-hybridized carbons (Fsp3) is 0.458. The Hall–Kier alpha value is -2.40. The van der Waals surface area contributed by atoms with Gasteiger partial charge in [-0.05, 0) is 41.8 Å². The number of carbonyl (C=O) groups is 1. The van der Waals surface area contributed by atoms with E-state index in [9.17, 15) is 9.18 Å². The summed E-state index contributed by atoms with van der Waals surface area (Å²) in [5, 5.41) is 0. The standard InChI is InChI=1S/C24H29FN2O2/c1-3-24(28)27-16-21(18-7-9-19(25)10-8-18)22-15-26(12-11-23(22)27)14-17-5-4-6-20(13-17)29-2/h4-10,13,21-23H,3,11-12,14-16H2,1-2H3/t21-,22-,23-/m1/s1. The lowest BCUT2D eigenvalue weighted by atomic mass is 9.81. The van der Waals surface area contributed by atoms with Crippen LogP contribution in [0.4, 0.5) is 4.39 Å². The molecule has 29 heavy (non-hydrogen) atoms. The van der Waals surface area contributed by atoms with Crippen LogP contribution in [-0.4, -0.2) is 48.5 Å². The van der Waals surface area contributed by atoms with E-state index in [0.29, 0.717) is 12.3 Å². The van der Waals surface area contributed by atoms with Crippen molar-refractivity contribution in [3.8, 4) is 5.75 Å². The SMILES string of the molecule is CCC(=O)N1C[C@H](c2ccc(F)cc2)[C@H]2CN(Cc3cccc(OC)c3)CC[C@H]21. The number of halogens is 1. The number of likely N-dealkylation sites (tertiary alicyclic amines) is 2. The third-order valence-corrected chi connectivity index (χ3v) is 6.48. The highest BCUT2D eigenvalue weighted by atomic mass is 19.1. The van der Waals surface area contributed by atoms with E-state index in [1.807, 2.05) is 31.2 Å². The molecule has 2 aliphatic heterocycles. The molecule has 2 aromatic carbocycles. The molecule has 3 atom stereocenters. The fourth-order valence-corrected chi connectivity index (χ4v) is 5.03. The number of benzene rings is 2. The summed E-state index contributed by atoms with van der Waals surface area (Å²) in [6, 6.07) is 15.3. The molecule has 0 unspecified atom stereocenters. The zero-order valence-corrected chi connectivity index (χ0v) is 17.2. The summed E-state index contributed by atoms with van der Waals surface area (Å²) >= 11 is 0. The van der Waals surface area contributed by atoms with Crippen LogP contribution in [-0.2, 0) is 11.3 Å². The summed E-state index contributed by atoms with van der Waals surface area (Å²) in [5.74, 6) is 1.51. The lowest BCUT2D eigenvalue weighted by molar-refractivity contribution is -0.132. The first-order valence-electron chi connectivity index (χ1n) is 10.5. The molecular formula is C24H29FN2O2. The van der Waals surface area contributed by atoms with E-state index in [1.54, 1.807) is 7.11 Å². The number of hydrogen-bond donors (Lipinski definition) is 0. The lowest BCUT2D eigenvalue weighted by Gasteiger charge is -2.39. The van der Waals surface area contributed by atoms with Gasteiger partial charge in [0.15, 0.2) is 0 Å². The van der Waals surface area contributed by atoms with Gasteiger partial charge in [-0.3, -0.25) is 9.69 Å². The molecule has 2 fully saturated rings. The van der Waals surface area contributed by atoms with Crippen LogP contribution in [0.1, 0.15) is 36.8 Å². The zero-order chi connectivity index (χ0) is 20.4. The Morgan fingerprint density at radius 1 is 1.17 bits per heavy atom. The first kappa shape index (κ1) is 19.9. The second kappa shape index (κ2) is 8.54. The van der Waals surface area contributed by atoms with E-state index in [2.05, 4.69) is 21.9 Å². The van der Waals surface area contributed by atoms with Gasteiger partial charge in [-0.25, -0.2) is 4.39 Å². The van der Waals surface area contributed by atoms with E-state index in [0.717, 1.165) is 43.9 Å². The van der Waals surface area contributed by atoms with E-state index in [1.165, 1.54) is 17.7 Å². The minimum Gasteiger partial charge on any atom is -0.497 e. The maximum Gasteiger partial charge on any atom is 0.222 e. The van der Waals surface area contributed by atoms with Crippen molar-refractivity contribution in [3.05, 3.63) is 65.5 Å². The third-order valence-electron chi connectivity index (χ3n) is 6.48. The monoisotopic (exact) mass is 396 g/mol. The van der Waals surface area contributed by atoms with Gasteiger partial charge in [0.1, 0.15) is 11.6 Å². The predicted molar refractivity (Wildman–Crippen MR) is 111 cm³/mol. The topological polar surface area (TPSA) is 32.8 Å². The number of amides is 1. The van der Waals surface area contributed by atoms with Crippen LogP contribution >= 0.6 is 0 Å². The molecule has 0 bridgehead atoms. The number of rotatable bonds is 5. The van der Waals surface area contributed by atoms with Crippen molar-refractivity contribution in [2.24, 2.45) is 5.92 Å². The molecule has 4 nitrogen and oxygen atoms in total. The van der Waals surface area contributed by atoms with Gasteiger partial charge < -0.3 is 9.64 Å². The highest BCUT2D eigenvalue weighted by Crippen LogP contribution is 2.42. The van der Waals surface area contributed by atoms with Gasteiger partial charge in [0.25, 0.3) is 0 Å². The Morgan fingerprint density at radius 3 is 2.69 bits per heavy atom. The predicted octanol–water partition coefficient (Wildman–Crippen LogP) is 4.06. The first-order chi connectivity index (χ1) is 14.1. The second-order valence-electron chi connectivity index (χ2n) is 8.16. The van der Waals surface area contributed by atoms with Crippen LogP contribution in [0.2, 0.25) is 0 Å². The Kier molecular flexibility index (Phi) is 5.86. The van der Waals surface area contributed by atoms with Crippen LogP contribution in [0.25, 0.3) is 0 Å². The van der Waals surface area contributed by atoms with Gasteiger partial charge in [-0.1, -0.05) is 31.2 Å². The first-order valence-corrected chi connectivity index (χ1v) is 10.5. The van der Waals surface area contributed by atoms with Gasteiger partial charge in [0.05, 0.1) is 7.11 Å². The fourth-order valence-electron chi connectivity index (χ4n) is 5.03. The summed E-state index contributed by atoms with van der Waals surface area (Å²) in [5.41, 5.74) is 2.37. The molecule has 5 heteroatoms. The maximum absolute atomic E-state index is 13.4. The quantitative estimate of drug-likeness (QED) is 0.764. The summed E-state index contributed by atoms with van der Waals surface area (Å²) < 4.78 is 18.8. The van der Waals surface area contributed by atoms with E-state index in [-0.39, 0.29) is 23.7 Å². The van der Waals surface area contributed by atoms with Crippen molar-refractivity contribution in [2.45, 2.75) is 38.3 Å². The van der Waals surface area contributed by atoms with Crippen molar-refractivity contribution in [1.82, 2.24) is 9.80 Å². The molecule has 2 aromatic rings. The molecular weight excluding hydrogens is 367 g/mol. The third kappa shape index (κ3) is 4.15. The number of carbonyl (C=O) groups excluding carboxylic acids is 1. The van der Waals surface area contributed by atoms with Crippen molar-refractivity contribution >= 4 is 5.91 Å². The van der Waals surface area contributed by atoms with Gasteiger partial charge in [-0.2, -0.15) is 0 Å². The summed E-state index contributed by atoms with van der Waals surface area (Å²) in [6.07, 6.45) is 1.52. The van der Waals surface area contributed by atoms with Crippen LogP contribution in [0.15, 0.2) is 48.5 Å². The van der Waals surface area contributed by atoms with Crippen LogP contribution in [0, 0.1) is 11.7 Å². The minimum absolute atomic E-state index is 0.215. The van der Waals surface area contributed by atoms with E-state index >= 15 is 0 Å². The Balaban J connectivity index is 1.54. The van der Waals surface area contributed by atoms with Gasteiger partial charge in [0.2, 0.25) is 5.91 Å². The summed E-state index contributed by atoms with van der Waals surface area (Å²) in [7, 11) is 1.69. The number of hydrogen-bond acceptors (Lipinski definition) is 3. The Morgan fingerprint density at radius 2 is 1.97 bits per heavy atom. The van der Waals surface area contributed by atoms with Crippen LogP contribution in [0.3, 0.4) is 0 Å². The molecule has 0 saturated carbocycles. The van der Waals surface area contributed by atoms with E-state index in [4.69, 9.17) is 4.74 Å². The van der Waals surface area contributed by atoms with Crippen molar-refractivity contribution < 1.29 is 13.9 Å². The molecule has 0 N–H and O–H groups in total. The zero-order valence-electron chi connectivity index (χ0n) is 17.2. The van der Waals surface area contributed by atoms with Crippen molar-refractivity contribution in [1.29, 1.82) is 0 Å². The second-order valence-corrected chi connectivity index (χ2v) is 8.16. The van der Waals surface area contributed by atoms with Crippen LogP contribution in [0.5, 0.6) is 5.75 Å². The minimum atomic E-state index is -0.215.